The van der Waals surface area contributed by atoms with E-state index in [9.17, 15) is 10.1 Å². The highest BCUT2D eigenvalue weighted by Crippen LogP contribution is 2.29. The number of methoxy groups -OCH3 is 1. The number of ether oxygens (including phenoxy) is 2. The predicted octanol–water partition coefficient (Wildman–Crippen LogP) is 3.89. The predicted molar refractivity (Wildman–Crippen MR) is 88.7 cm³/mol. The number of halogens is 1. The van der Waals surface area contributed by atoms with Crippen LogP contribution in [0, 0.1) is 10.1 Å². The van der Waals surface area contributed by atoms with Gasteiger partial charge in [-0.05, 0) is 30.3 Å². The Labute approximate surface area is 147 Å². The van der Waals surface area contributed by atoms with Crippen molar-refractivity contribution in [3.8, 4) is 23.0 Å². The number of non-ortho nitro benzene ring substituents is 1. The number of nitro benzene ring substituents is 1. The second-order valence-electron chi connectivity index (χ2n) is 4.89. The van der Waals surface area contributed by atoms with Crippen molar-refractivity contribution in [2.24, 2.45) is 0 Å². The van der Waals surface area contributed by atoms with Gasteiger partial charge in [-0.3, -0.25) is 10.1 Å². The molecule has 128 valence electrons. The van der Waals surface area contributed by atoms with Gasteiger partial charge in [-0.2, -0.15) is 0 Å². The summed E-state index contributed by atoms with van der Waals surface area (Å²) < 4.78 is 16.1. The van der Waals surface area contributed by atoms with E-state index in [0.717, 1.165) is 11.3 Å². The fourth-order valence-electron chi connectivity index (χ4n) is 2.02. The summed E-state index contributed by atoms with van der Waals surface area (Å²) in [6.07, 6.45) is 0. The van der Waals surface area contributed by atoms with Gasteiger partial charge in [0.05, 0.1) is 17.1 Å². The van der Waals surface area contributed by atoms with Crippen molar-refractivity contribution < 1.29 is 18.8 Å². The van der Waals surface area contributed by atoms with E-state index in [1.807, 2.05) is 0 Å². The first-order chi connectivity index (χ1) is 12.1. The zero-order chi connectivity index (χ0) is 17.8. The van der Waals surface area contributed by atoms with E-state index in [1.54, 1.807) is 31.4 Å². The monoisotopic (exact) mass is 361 g/mol. The Morgan fingerprint density at radius 3 is 2.60 bits per heavy atom. The summed E-state index contributed by atoms with van der Waals surface area (Å²) in [6, 6.07) is 11.1. The van der Waals surface area contributed by atoms with Gasteiger partial charge < -0.3 is 13.9 Å². The van der Waals surface area contributed by atoms with Crippen molar-refractivity contribution in [2.75, 3.05) is 7.11 Å². The van der Waals surface area contributed by atoms with Gasteiger partial charge in [0.15, 0.2) is 6.61 Å². The first kappa shape index (κ1) is 16.7. The lowest BCUT2D eigenvalue weighted by Gasteiger charge is -2.05. The molecule has 0 aliphatic heterocycles. The van der Waals surface area contributed by atoms with Gasteiger partial charge in [0, 0.05) is 17.7 Å². The minimum Gasteiger partial charge on any atom is -0.497 e. The molecule has 3 rings (SSSR count). The average Bonchev–Trinajstić information content (AvgIpc) is 3.09. The molecule has 0 atom stereocenters. The van der Waals surface area contributed by atoms with Crippen LogP contribution in [0.4, 0.5) is 5.69 Å². The fourth-order valence-corrected chi connectivity index (χ4v) is 2.25. The summed E-state index contributed by atoms with van der Waals surface area (Å²) in [6.45, 7) is -0.0132. The number of aromatic nitrogens is 2. The van der Waals surface area contributed by atoms with Crippen LogP contribution in [-0.4, -0.2) is 22.2 Å². The van der Waals surface area contributed by atoms with Crippen LogP contribution in [0.25, 0.3) is 11.5 Å². The van der Waals surface area contributed by atoms with Crippen molar-refractivity contribution in [3.63, 3.8) is 0 Å². The maximum atomic E-state index is 10.7. The summed E-state index contributed by atoms with van der Waals surface area (Å²) in [7, 11) is 1.58. The molecule has 1 aromatic heterocycles. The summed E-state index contributed by atoms with van der Waals surface area (Å²) in [5.74, 6) is 1.60. The van der Waals surface area contributed by atoms with Crippen LogP contribution in [-0.2, 0) is 6.61 Å². The molecule has 8 nitrogen and oxygen atoms in total. The second-order valence-corrected chi connectivity index (χ2v) is 5.30. The Morgan fingerprint density at radius 1 is 1.20 bits per heavy atom. The van der Waals surface area contributed by atoms with Gasteiger partial charge in [0.2, 0.25) is 5.89 Å². The molecular formula is C16H12ClN3O5. The average molecular weight is 362 g/mol. The topological polar surface area (TPSA) is 101 Å². The number of hydrogen-bond acceptors (Lipinski definition) is 7. The first-order valence-electron chi connectivity index (χ1n) is 7.10. The lowest BCUT2D eigenvalue weighted by atomic mass is 10.2. The molecule has 25 heavy (non-hydrogen) atoms. The minimum absolute atomic E-state index is 0.0132. The molecule has 0 unspecified atom stereocenters. The molecule has 0 aliphatic rings. The molecule has 0 radical (unpaired) electrons. The van der Waals surface area contributed by atoms with Crippen molar-refractivity contribution in [3.05, 3.63) is 63.5 Å². The molecule has 0 fully saturated rings. The van der Waals surface area contributed by atoms with E-state index in [4.69, 9.17) is 25.5 Å². The smallest absolute Gasteiger partial charge is 0.271 e. The van der Waals surface area contributed by atoms with Gasteiger partial charge in [0.25, 0.3) is 11.6 Å². The Bertz CT molecular complexity index is 895. The maximum Gasteiger partial charge on any atom is 0.271 e. The zero-order valence-electron chi connectivity index (χ0n) is 13.0. The Hall–Kier alpha value is -3.13. The molecule has 0 saturated carbocycles. The Balaban J connectivity index is 1.68. The largest absolute Gasteiger partial charge is 0.497 e. The lowest BCUT2D eigenvalue weighted by molar-refractivity contribution is -0.384. The third-order valence-corrected chi connectivity index (χ3v) is 3.58. The molecular weight excluding hydrogens is 350 g/mol. The molecule has 1 heterocycles. The van der Waals surface area contributed by atoms with E-state index < -0.39 is 4.92 Å². The maximum absolute atomic E-state index is 10.7. The molecule has 2 aromatic carbocycles. The highest BCUT2D eigenvalue weighted by atomic mass is 35.5. The van der Waals surface area contributed by atoms with Gasteiger partial charge in [-0.25, -0.2) is 0 Å². The number of hydrogen-bond donors (Lipinski definition) is 0. The molecule has 0 bridgehead atoms. The number of rotatable bonds is 6. The van der Waals surface area contributed by atoms with Crippen molar-refractivity contribution in [1.29, 1.82) is 0 Å². The third kappa shape index (κ3) is 3.86. The van der Waals surface area contributed by atoms with Crippen molar-refractivity contribution >= 4 is 17.3 Å². The van der Waals surface area contributed by atoms with Gasteiger partial charge >= 0.3 is 0 Å². The quantitative estimate of drug-likeness (QED) is 0.485. The second kappa shape index (κ2) is 7.18. The molecule has 0 spiro atoms. The van der Waals surface area contributed by atoms with E-state index in [0.29, 0.717) is 5.89 Å². The van der Waals surface area contributed by atoms with E-state index in [1.165, 1.54) is 18.2 Å². The Kier molecular flexibility index (Phi) is 4.80. The molecule has 0 N–H and O–H groups in total. The van der Waals surface area contributed by atoms with E-state index in [-0.39, 0.29) is 29.0 Å². The fraction of sp³-hybridized carbons (Fsp3) is 0.125. The van der Waals surface area contributed by atoms with Crippen LogP contribution < -0.4 is 9.47 Å². The summed E-state index contributed by atoms with van der Waals surface area (Å²) in [5, 5.41) is 18.7. The van der Waals surface area contributed by atoms with Gasteiger partial charge in [0.1, 0.15) is 11.5 Å². The zero-order valence-corrected chi connectivity index (χ0v) is 13.8. The van der Waals surface area contributed by atoms with Crippen LogP contribution in [0.2, 0.25) is 5.02 Å². The van der Waals surface area contributed by atoms with E-state index >= 15 is 0 Å². The molecule has 9 heteroatoms. The van der Waals surface area contributed by atoms with Crippen LogP contribution in [0.5, 0.6) is 11.5 Å². The van der Waals surface area contributed by atoms with Crippen LogP contribution in [0.15, 0.2) is 46.9 Å². The number of nitrogens with zero attached hydrogens (tertiary/aromatic N) is 3. The number of nitro groups is 1. The molecule has 0 saturated heterocycles. The SMILES string of the molecule is COc1ccc(-c2nnc(COc3ccc([N+](=O)[O-])cc3Cl)o2)cc1. The van der Waals surface area contributed by atoms with Crippen molar-refractivity contribution in [2.45, 2.75) is 6.61 Å². The molecule has 0 aliphatic carbocycles. The van der Waals surface area contributed by atoms with E-state index in [2.05, 4.69) is 10.2 Å². The van der Waals surface area contributed by atoms with Crippen LogP contribution >= 0.6 is 11.6 Å². The molecule has 0 amide bonds. The summed E-state index contributed by atoms with van der Waals surface area (Å²) in [5.41, 5.74) is 0.629. The highest BCUT2D eigenvalue weighted by Gasteiger charge is 2.13. The Morgan fingerprint density at radius 2 is 1.96 bits per heavy atom. The van der Waals surface area contributed by atoms with Gasteiger partial charge in [-0.1, -0.05) is 11.6 Å². The third-order valence-electron chi connectivity index (χ3n) is 3.28. The lowest BCUT2D eigenvalue weighted by Crippen LogP contribution is -1.97. The van der Waals surface area contributed by atoms with Crippen LogP contribution in [0.3, 0.4) is 0 Å². The first-order valence-corrected chi connectivity index (χ1v) is 7.48. The standard InChI is InChI=1S/C16H12ClN3O5/c1-23-12-5-2-10(3-6-12)16-19-18-15(25-16)9-24-14-7-4-11(20(21)22)8-13(14)17/h2-8H,9H2,1H3. The highest BCUT2D eigenvalue weighted by molar-refractivity contribution is 6.32. The number of benzene rings is 2. The van der Waals surface area contributed by atoms with Gasteiger partial charge in [-0.15, -0.1) is 10.2 Å². The van der Waals surface area contributed by atoms with Crippen molar-refractivity contribution in [1.82, 2.24) is 10.2 Å². The normalized spacial score (nSPS) is 10.5. The van der Waals surface area contributed by atoms with Crippen LogP contribution in [0.1, 0.15) is 5.89 Å². The summed E-state index contributed by atoms with van der Waals surface area (Å²) in [4.78, 5) is 10.2. The molecule has 3 aromatic rings. The summed E-state index contributed by atoms with van der Waals surface area (Å²) >= 11 is 5.96. The minimum atomic E-state index is -0.533.